The van der Waals surface area contributed by atoms with Gasteiger partial charge in [0.2, 0.25) is 0 Å². The molecule has 0 aliphatic rings. The van der Waals surface area contributed by atoms with E-state index >= 15 is 0 Å². The topological polar surface area (TPSA) is 27.7 Å². The predicted octanol–water partition coefficient (Wildman–Crippen LogP) is 6.79. The molecule has 3 aromatic carbocycles. The molecule has 3 aromatic rings. The Labute approximate surface area is 156 Å². The molecule has 0 atom stereocenters. The average Bonchev–Trinajstić information content (AvgIpc) is 2.69. The lowest BCUT2D eigenvalue weighted by Gasteiger charge is -2.23. The van der Waals surface area contributed by atoms with Gasteiger partial charge < -0.3 is 0 Å². The molecule has 0 spiro atoms. The number of rotatable bonds is 9. The summed E-state index contributed by atoms with van der Waals surface area (Å²) in [4.78, 5) is 0. The first-order chi connectivity index (χ1) is 12.8. The summed E-state index contributed by atoms with van der Waals surface area (Å²) in [6.07, 6.45) is 2.71. The molecule has 134 valence electrons. The molecule has 3 rings (SSSR count). The smallest absolute Gasteiger partial charge is 0.272 e. The van der Waals surface area contributed by atoms with Crippen LogP contribution < -0.4 is 13.6 Å². The summed E-state index contributed by atoms with van der Waals surface area (Å²) in [5.41, 5.74) is 0. The largest absolute Gasteiger partial charge is 0.541 e. The van der Waals surface area contributed by atoms with Gasteiger partial charge in [0.25, 0.3) is 0 Å². The van der Waals surface area contributed by atoms with Gasteiger partial charge in [-0.25, -0.2) is 0 Å². The SMILES string of the molecule is CCCC[P+](Oc1ccccc1)(Oc1ccccc1)Oc1ccccc1. The van der Waals surface area contributed by atoms with Crippen LogP contribution in [0.1, 0.15) is 19.8 Å². The third-order valence-corrected chi connectivity index (χ3v) is 6.08. The molecule has 0 aliphatic heterocycles. The molecule has 0 aliphatic carbocycles. The van der Waals surface area contributed by atoms with Crippen molar-refractivity contribution in [2.24, 2.45) is 0 Å². The molecule has 0 fully saturated rings. The van der Waals surface area contributed by atoms with E-state index in [2.05, 4.69) is 6.92 Å². The first kappa shape index (κ1) is 18.3. The van der Waals surface area contributed by atoms with E-state index in [0.717, 1.165) is 30.1 Å². The van der Waals surface area contributed by atoms with Gasteiger partial charge in [-0.05, 0) is 42.8 Å². The van der Waals surface area contributed by atoms with Crippen molar-refractivity contribution in [1.29, 1.82) is 0 Å². The zero-order valence-electron chi connectivity index (χ0n) is 15.0. The summed E-state index contributed by atoms with van der Waals surface area (Å²) < 4.78 is 19.1. The molecule has 0 N–H and O–H groups in total. The van der Waals surface area contributed by atoms with Crippen molar-refractivity contribution in [3.63, 3.8) is 0 Å². The number of para-hydroxylation sites is 3. The maximum Gasteiger partial charge on any atom is 0.541 e. The Bertz CT molecular complexity index is 662. The van der Waals surface area contributed by atoms with Crippen LogP contribution in [-0.4, -0.2) is 6.16 Å². The fourth-order valence-corrected chi connectivity index (χ4v) is 4.89. The standard InChI is InChI=1S/C22H24O3P/c1-2-3-19-26(23-20-13-7-4-8-14-20,24-21-15-9-5-10-16-21)25-22-17-11-6-12-18-22/h4-18H,2-3,19H2,1H3/q+1. The van der Waals surface area contributed by atoms with Gasteiger partial charge in [0.1, 0.15) is 0 Å². The molecule has 26 heavy (non-hydrogen) atoms. The minimum absolute atomic E-state index is 0.710. The van der Waals surface area contributed by atoms with Crippen molar-refractivity contribution < 1.29 is 13.6 Å². The summed E-state index contributed by atoms with van der Waals surface area (Å²) in [6, 6.07) is 29.2. The molecule has 0 bridgehead atoms. The van der Waals surface area contributed by atoms with Crippen LogP contribution in [0.2, 0.25) is 0 Å². The zero-order valence-corrected chi connectivity index (χ0v) is 15.8. The van der Waals surface area contributed by atoms with E-state index in [0.29, 0.717) is 6.16 Å². The molecule has 0 amide bonds. The number of hydrogen-bond acceptors (Lipinski definition) is 3. The second kappa shape index (κ2) is 9.26. The number of hydrogen-bond donors (Lipinski definition) is 0. The third-order valence-electron chi connectivity index (χ3n) is 3.75. The van der Waals surface area contributed by atoms with Gasteiger partial charge in [0.05, 0.1) is 0 Å². The van der Waals surface area contributed by atoms with Crippen molar-refractivity contribution in [3.05, 3.63) is 91.0 Å². The first-order valence-electron chi connectivity index (χ1n) is 8.92. The van der Waals surface area contributed by atoms with Gasteiger partial charge in [0, 0.05) is 0 Å². The quantitative estimate of drug-likeness (QED) is 0.390. The molecule has 0 aromatic heterocycles. The van der Waals surface area contributed by atoms with E-state index in [1.807, 2.05) is 91.0 Å². The van der Waals surface area contributed by atoms with Crippen LogP contribution in [0.3, 0.4) is 0 Å². The Morgan fingerprint density at radius 1 is 0.577 bits per heavy atom. The second-order valence-electron chi connectivity index (χ2n) is 5.90. The van der Waals surface area contributed by atoms with Crippen molar-refractivity contribution in [2.75, 3.05) is 6.16 Å². The summed E-state index contributed by atoms with van der Waals surface area (Å²) in [7, 11) is -2.68. The molecule has 0 radical (unpaired) electrons. The monoisotopic (exact) mass is 367 g/mol. The first-order valence-corrected chi connectivity index (χ1v) is 10.6. The molecule has 4 heteroatoms. The van der Waals surface area contributed by atoms with Crippen LogP contribution in [-0.2, 0) is 0 Å². The maximum atomic E-state index is 6.38. The Hall–Kier alpha value is -2.51. The fraction of sp³-hybridized carbons (Fsp3) is 0.182. The van der Waals surface area contributed by atoms with E-state index < -0.39 is 7.94 Å². The summed E-state index contributed by atoms with van der Waals surface area (Å²) in [5.74, 6) is 2.26. The zero-order chi connectivity index (χ0) is 18.1. The summed E-state index contributed by atoms with van der Waals surface area (Å²) in [5, 5.41) is 0. The van der Waals surface area contributed by atoms with Gasteiger partial charge in [-0.15, -0.1) is 0 Å². The minimum atomic E-state index is -2.68. The molecule has 0 saturated carbocycles. The van der Waals surface area contributed by atoms with Crippen LogP contribution >= 0.6 is 7.94 Å². The lowest BCUT2D eigenvalue weighted by molar-refractivity contribution is 0.352. The van der Waals surface area contributed by atoms with Gasteiger partial charge in [-0.1, -0.05) is 67.9 Å². The van der Waals surface area contributed by atoms with Crippen LogP contribution in [0.25, 0.3) is 0 Å². The van der Waals surface area contributed by atoms with E-state index in [1.165, 1.54) is 0 Å². The van der Waals surface area contributed by atoms with Gasteiger partial charge >= 0.3 is 7.94 Å². The maximum absolute atomic E-state index is 6.38. The Morgan fingerprint density at radius 2 is 0.923 bits per heavy atom. The highest BCUT2D eigenvalue weighted by molar-refractivity contribution is 7.62. The van der Waals surface area contributed by atoms with E-state index in [1.54, 1.807) is 0 Å². The molecular formula is C22H24O3P+. The van der Waals surface area contributed by atoms with Crippen LogP contribution in [0, 0.1) is 0 Å². The fourth-order valence-electron chi connectivity index (χ4n) is 2.47. The van der Waals surface area contributed by atoms with E-state index in [9.17, 15) is 0 Å². The average molecular weight is 367 g/mol. The van der Waals surface area contributed by atoms with Gasteiger partial charge in [-0.3, -0.25) is 13.6 Å². The highest BCUT2D eigenvalue weighted by atomic mass is 31.2. The predicted molar refractivity (Wildman–Crippen MR) is 108 cm³/mol. The third kappa shape index (κ3) is 5.24. The lowest BCUT2D eigenvalue weighted by Crippen LogP contribution is -2.18. The normalized spacial score (nSPS) is 11.0. The summed E-state index contributed by atoms with van der Waals surface area (Å²) >= 11 is 0. The summed E-state index contributed by atoms with van der Waals surface area (Å²) in [6.45, 7) is 2.15. The molecule has 0 heterocycles. The van der Waals surface area contributed by atoms with Crippen LogP contribution in [0.15, 0.2) is 91.0 Å². The Kier molecular flexibility index (Phi) is 6.51. The molecule has 0 saturated heterocycles. The Morgan fingerprint density at radius 3 is 1.23 bits per heavy atom. The van der Waals surface area contributed by atoms with Gasteiger partial charge in [0.15, 0.2) is 23.4 Å². The molecule has 0 unspecified atom stereocenters. The highest BCUT2D eigenvalue weighted by Gasteiger charge is 2.49. The molecular weight excluding hydrogens is 343 g/mol. The van der Waals surface area contributed by atoms with Crippen LogP contribution in [0.4, 0.5) is 0 Å². The van der Waals surface area contributed by atoms with Crippen molar-refractivity contribution >= 4 is 7.94 Å². The second-order valence-corrected chi connectivity index (χ2v) is 8.12. The van der Waals surface area contributed by atoms with Crippen molar-refractivity contribution in [1.82, 2.24) is 0 Å². The van der Waals surface area contributed by atoms with Crippen molar-refractivity contribution in [3.8, 4) is 17.2 Å². The van der Waals surface area contributed by atoms with Crippen molar-refractivity contribution in [2.45, 2.75) is 19.8 Å². The van der Waals surface area contributed by atoms with Crippen LogP contribution in [0.5, 0.6) is 17.2 Å². The minimum Gasteiger partial charge on any atom is -0.272 e. The molecule has 3 nitrogen and oxygen atoms in total. The number of unbranched alkanes of at least 4 members (excludes halogenated alkanes) is 1. The van der Waals surface area contributed by atoms with E-state index in [-0.39, 0.29) is 0 Å². The van der Waals surface area contributed by atoms with E-state index in [4.69, 9.17) is 13.6 Å². The number of benzene rings is 3. The van der Waals surface area contributed by atoms with Gasteiger partial charge in [-0.2, -0.15) is 0 Å². The highest BCUT2D eigenvalue weighted by Crippen LogP contribution is 2.61. The lowest BCUT2D eigenvalue weighted by atomic mass is 10.3. The Balaban J connectivity index is 1.94.